The molecule has 0 radical (unpaired) electrons. The molecular formula is C8H6ClNO5. The number of nitrogens with zero attached hydrogens (tertiary/aromatic N) is 1. The third kappa shape index (κ3) is 1.84. The van der Waals surface area contributed by atoms with Gasteiger partial charge in [0.05, 0.1) is 17.1 Å². The molecule has 7 heteroatoms. The molecule has 0 aliphatic carbocycles. The molecule has 0 aromatic heterocycles. The van der Waals surface area contributed by atoms with Gasteiger partial charge in [0.25, 0.3) is 0 Å². The van der Waals surface area contributed by atoms with Crippen LogP contribution < -0.4 is 4.74 Å². The first-order valence-corrected chi connectivity index (χ1v) is 4.09. The van der Waals surface area contributed by atoms with Gasteiger partial charge in [-0.25, -0.2) is 0 Å². The molecule has 0 heterocycles. The number of methoxy groups -OCH3 is 1. The summed E-state index contributed by atoms with van der Waals surface area (Å²) in [6, 6.07) is 0.938. The maximum atomic E-state index is 10.6. The number of aldehydes is 1. The van der Waals surface area contributed by atoms with Gasteiger partial charge in [-0.2, -0.15) is 0 Å². The number of carbonyl (C=O) groups is 1. The second kappa shape index (κ2) is 4.14. The maximum Gasteiger partial charge on any atom is 0.315 e. The molecule has 0 saturated carbocycles. The van der Waals surface area contributed by atoms with Gasteiger partial charge in [-0.1, -0.05) is 11.6 Å². The lowest BCUT2D eigenvalue weighted by molar-refractivity contribution is -0.385. The molecule has 0 bridgehead atoms. The predicted octanol–water partition coefficient (Wildman–Crippen LogP) is 1.77. The number of nitro groups is 1. The highest BCUT2D eigenvalue weighted by atomic mass is 35.5. The van der Waals surface area contributed by atoms with Crippen LogP contribution in [0.1, 0.15) is 10.4 Å². The van der Waals surface area contributed by atoms with E-state index >= 15 is 0 Å². The zero-order valence-electron chi connectivity index (χ0n) is 7.56. The summed E-state index contributed by atoms with van der Waals surface area (Å²) in [7, 11) is 1.15. The standard InChI is InChI=1S/C8H6ClNO5/c1-15-8-5(10(13)14)2-4(3-11)6(9)7(8)12/h2-3,12H,1H3. The molecule has 1 aromatic carbocycles. The van der Waals surface area contributed by atoms with E-state index in [2.05, 4.69) is 4.74 Å². The Morgan fingerprint density at radius 1 is 1.67 bits per heavy atom. The third-order valence-corrected chi connectivity index (χ3v) is 2.13. The van der Waals surface area contributed by atoms with Gasteiger partial charge >= 0.3 is 5.69 Å². The molecule has 6 nitrogen and oxygen atoms in total. The molecule has 80 valence electrons. The lowest BCUT2D eigenvalue weighted by atomic mass is 10.2. The summed E-state index contributed by atoms with van der Waals surface area (Å²) in [6.45, 7) is 0. The number of phenols is 1. The molecule has 1 rings (SSSR count). The molecule has 0 aliphatic rings. The Hall–Kier alpha value is -1.82. The summed E-state index contributed by atoms with van der Waals surface area (Å²) in [5, 5.41) is 19.7. The maximum absolute atomic E-state index is 10.6. The van der Waals surface area contributed by atoms with Gasteiger partial charge in [0.2, 0.25) is 5.75 Å². The van der Waals surface area contributed by atoms with Gasteiger partial charge in [-0.05, 0) is 0 Å². The summed E-state index contributed by atoms with van der Waals surface area (Å²) < 4.78 is 4.63. The minimum Gasteiger partial charge on any atom is -0.503 e. The van der Waals surface area contributed by atoms with E-state index in [4.69, 9.17) is 11.6 Å². The Morgan fingerprint density at radius 2 is 2.27 bits per heavy atom. The Bertz CT molecular complexity index is 432. The van der Waals surface area contributed by atoms with Crippen molar-refractivity contribution in [2.45, 2.75) is 0 Å². The number of nitro benzene ring substituents is 1. The highest BCUT2D eigenvalue weighted by Crippen LogP contribution is 2.42. The average Bonchev–Trinajstić information content (AvgIpc) is 2.21. The molecule has 0 fully saturated rings. The number of rotatable bonds is 3. The van der Waals surface area contributed by atoms with Gasteiger partial charge < -0.3 is 9.84 Å². The molecule has 1 aromatic rings. The summed E-state index contributed by atoms with van der Waals surface area (Å²) in [5.74, 6) is -0.980. The normalized spacial score (nSPS) is 9.73. The van der Waals surface area contributed by atoms with Crippen molar-refractivity contribution in [2.24, 2.45) is 0 Å². The van der Waals surface area contributed by atoms with Gasteiger partial charge in [0.1, 0.15) is 0 Å². The zero-order chi connectivity index (χ0) is 11.6. The number of benzene rings is 1. The zero-order valence-corrected chi connectivity index (χ0v) is 8.32. The first-order chi connectivity index (χ1) is 7.02. The fourth-order valence-corrected chi connectivity index (χ4v) is 1.24. The monoisotopic (exact) mass is 231 g/mol. The van der Waals surface area contributed by atoms with E-state index < -0.39 is 16.4 Å². The van der Waals surface area contributed by atoms with Crippen LogP contribution in [0.25, 0.3) is 0 Å². The van der Waals surface area contributed by atoms with Crippen molar-refractivity contribution in [3.63, 3.8) is 0 Å². The van der Waals surface area contributed by atoms with Crippen molar-refractivity contribution in [2.75, 3.05) is 7.11 Å². The largest absolute Gasteiger partial charge is 0.503 e. The van der Waals surface area contributed by atoms with Gasteiger partial charge in [-0.15, -0.1) is 0 Å². The average molecular weight is 232 g/mol. The van der Waals surface area contributed by atoms with Crippen molar-refractivity contribution >= 4 is 23.6 Å². The Morgan fingerprint density at radius 3 is 2.67 bits per heavy atom. The lowest BCUT2D eigenvalue weighted by Crippen LogP contribution is -1.97. The van der Waals surface area contributed by atoms with Crippen molar-refractivity contribution in [3.05, 3.63) is 26.8 Å². The summed E-state index contributed by atoms with van der Waals surface area (Å²) in [5.41, 5.74) is -0.678. The predicted molar refractivity (Wildman–Crippen MR) is 51.7 cm³/mol. The fourth-order valence-electron chi connectivity index (χ4n) is 1.06. The van der Waals surface area contributed by atoms with E-state index in [-0.39, 0.29) is 16.3 Å². The topological polar surface area (TPSA) is 89.7 Å². The third-order valence-electron chi connectivity index (χ3n) is 1.73. The Balaban J connectivity index is 3.58. The van der Waals surface area contributed by atoms with Crippen LogP contribution in [0, 0.1) is 10.1 Å². The van der Waals surface area contributed by atoms with E-state index in [1.165, 1.54) is 0 Å². The fraction of sp³-hybridized carbons (Fsp3) is 0.125. The number of hydrogen-bond acceptors (Lipinski definition) is 5. The van der Waals surface area contributed by atoms with Gasteiger partial charge in [-0.3, -0.25) is 14.9 Å². The van der Waals surface area contributed by atoms with Gasteiger partial charge in [0, 0.05) is 11.6 Å². The first-order valence-electron chi connectivity index (χ1n) is 3.72. The van der Waals surface area contributed by atoms with Crippen molar-refractivity contribution < 1.29 is 19.6 Å². The number of halogens is 1. The minimum atomic E-state index is -0.776. The Kier molecular flexibility index (Phi) is 3.11. The van der Waals surface area contributed by atoms with E-state index in [0.717, 1.165) is 13.2 Å². The minimum absolute atomic E-state index is 0.165. The van der Waals surface area contributed by atoms with Crippen LogP contribution in [0.3, 0.4) is 0 Å². The van der Waals surface area contributed by atoms with E-state index in [9.17, 15) is 20.0 Å². The second-order valence-corrected chi connectivity index (χ2v) is 2.93. The molecule has 0 unspecified atom stereocenters. The van der Waals surface area contributed by atoms with Crippen LogP contribution in [0.2, 0.25) is 5.02 Å². The SMILES string of the molecule is COc1c([N+](=O)[O-])cc(C=O)c(Cl)c1O. The van der Waals surface area contributed by atoms with Crippen LogP contribution in [0.4, 0.5) is 5.69 Å². The molecule has 0 amide bonds. The highest BCUT2D eigenvalue weighted by molar-refractivity contribution is 6.34. The van der Waals surface area contributed by atoms with Crippen LogP contribution in [-0.4, -0.2) is 23.4 Å². The number of ether oxygens (including phenoxy) is 1. The first kappa shape index (κ1) is 11.3. The second-order valence-electron chi connectivity index (χ2n) is 2.56. The van der Waals surface area contributed by atoms with Crippen molar-refractivity contribution in [1.82, 2.24) is 0 Å². The van der Waals surface area contributed by atoms with Crippen molar-refractivity contribution in [3.8, 4) is 11.5 Å². The molecule has 0 spiro atoms. The number of phenolic OH excluding ortho intramolecular Hbond substituents is 1. The molecule has 0 saturated heterocycles. The molecule has 0 atom stereocenters. The van der Waals surface area contributed by atoms with E-state index in [1.54, 1.807) is 0 Å². The number of carbonyl (C=O) groups excluding carboxylic acids is 1. The van der Waals surface area contributed by atoms with Crippen LogP contribution in [-0.2, 0) is 0 Å². The van der Waals surface area contributed by atoms with E-state index in [1.807, 2.05) is 0 Å². The van der Waals surface area contributed by atoms with Crippen molar-refractivity contribution in [1.29, 1.82) is 0 Å². The molecular weight excluding hydrogens is 226 g/mol. The van der Waals surface area contributed by atoms with E-state index in [0.29, 0.717) is 6.29 Å². The highest BCUT2D eigenvalue weighted by Gasteiger charge is 2.24. The van der Waals surface area contributed by atoms with Crippen LogP contribution >= 0.6 is 11.6 Å². The summed E-state index contributed by atoms with van der Waals surface area (Å²) in [6.07, 6.45) is 0.314. The molecule has 0 aliphatic heterocycles. The van der Waals surface area contributed by atoms with Gasteiger partial charge in [0.15, 0.2) is 12.0 Å². The summed E-state index contributed by atoms with van der Waals surface area (Å²) >= 11 is 5.57. The quantitative estimate of drug-likeness (QED) is 0.486. The molecule has 15 heavy (non-hydrogen) atoms. The number of hydrogen-bond donors (Lipinski definition) is 1. The number of aromatic hydroxyl groups is 1. The van der Waals surface area contributed by atoms with Crippen LogP contribution in [0.5, 0.6) is 11.5 Å². The Labute approximate surface area is 89.2 Å². The van der Waals surface area contributed by atoms with Crippen LogP contribution in [0.15, 0.2) is 6.07 Å². The smallest absolute Gasteiger partial charge is 0.315 e. The summed E-state index contributed by atoms with van der Waals surface area (Å²) in [4.78, 5) is 20.3. The lowest BCUT2D eigenvalue weighted by Gasteiger charge is -2.06. The molecule has 1 N–H and O–H groups in total.